The highest BCUT2D eigenvalue weighted by atomic mass is 28.4. The summed E-state index contributed by atoms with van der Waals surface area (Å²) in [6, 6.07) is 0.992. The van der Waals surface area contributed by atoms with Crippen molar-refractivity contribution in [3.8, 4) is 0 Å². The minimum atomic E-state index is -1.92. The molecule has 0 aromatic heterocycles. The lowest BCUT2D eigenvalue weighted by Crippen LogP contribution is -2.38. The van der Waals surface area contributed by atoms with Crippen molar-refractivity contribution < 1.29 is 13.6 Å². The van der Waals surface area contributed by atoms with Crippen LogP contribution in [0.3, 0.4) is 0 Å². The van der Waals surface area contributed by atoms with Crippen LogP contribution in [0.4, 0.5) is 0 Å². The lowest BCUT2D eigenvalue weighted by atomic mass is 10.5. The number of hydrogen-bond donors (Lipinski definition) is 0. The van der Waals surface area contributed by atoms with Crippen molar-refractivity contribution in [3.63, 3.8) is 0 Å². The Morgan fingerprint density at radius 2 is 1.80 bits per heavy atom. The normalized spacial score (nSPS) is 11.7. The van der Waals surface area contributed by atoms with Crippen LogP contribution < -0.4 is 0 Å². The number of hydrogen-bond acceptors (Lipinski definition) is 3. The van der Waals surface area contributed by atoms with E-state index in [0.29, 0.717) is 6.61 Å². The molecule has 0 aromatic rings. The van der Waals surface area contributed by atoms with Gasteiger partial charge in [0.15, 0.2) is 0 Å². The molecule has 0 aliphatic heterocycles. The summed E-state index contributed by atoms with van der Waals surface area (Å²) in [5.41, 5.74) is 0. The third-order valence-electron chi connectivity index (χ3n) is 2.05. The average molecular weight is 232 g/mol. The molecule has 4 heteroatoms. The van der Waals surface area contributed by atoms with Gasteiger partial charge in [-0.1, -0.05) is 6.08 Å². The number of ether oxygens (including phenoxy) is 1. The van der Waals surface area contributed by atoms with Crippen molar-refractivity contribution in [3.05, 3.63) is 12.7 Å². The second-order valence-electron chi connectivity index (χ2n) is 3.47. The minimum absolute atomic E-state index is 0.627. The topological polar surface area (TPSA) is 27.7 Å². The maximum absolute atomic E-state index is 5.72. The molecule has 90 valence electrons. The van der Waals surface area contributed by atoms with Gasteiger partial charge in [-0.15, -0.1) is 6.58 Å². The molecule has 0 bridgehead atoms. The highest BCUT2D eigenvalue weighted by Gasteiger charge is 2.29. The molecular weight excluding hydrogens is 208 g/mol. The molecule has 0 spiro atoms. The molecule has 0 heterocycles. The Hall–Kier alpha value is -0.163. The van der Waals surface area contributed by atoms with Gasteiger partial charge in [-0.25, -0.2) is 0 Å². The van der Waals surface area contributed by atoms with E-state index in [2.05, 4.69) is 13.1 Å². The van der Waals surface area contributed by atoms with E-state index in [-0.39, 0.29) is 0 Å². The van der Waals surface area contributed by atoms with Gasteiger partial charge in [0.1, 0.15) is 0 Å². The first-order chi connectivity index (χ1) is 7.18. The summed E-state index contributed by atoms with van der Waals surface area (Å²) in [6.45, 7) is 12.6. The van der Waals surface area contributed by atoms with Gasteiger partial charge in [0.2, 0.25) is 0 Å². The molecule has 0 aliphatic rings. The highest BCUT2D eigenvalue weighted by molar-refractivity contribution is 6.66. The van der Waals surface area contributed by atoms with E-state index >= 15 is 0 Å². The van der Waals surface area contributed by atoms with Gasteiger partial charge >= 0.3 is 8.56 Å². The molecule has 0 fully saturated rings. The molecule has 0 unspecified atom stereocenters. The Morgan fingerprint density at radius 1 is 1.20 bits per heavy atom. The molecular formula is C11H24O3Si. The summed E-state index contributed by atoms with van der Waals surface area (Å²) >= 11 is 0. The van der Waals surface area contributed by atoms with E-state index in [9.17, 15) is 0 Å². The fourth-order valence-corrected chi connectivity index (χ4v) is 3.84. The van der Waals surface area contributed by atoms with Crippen molar-refractivity contribution >= 4 is 8.56 Å². The van der Waals surface area contributed by atoms with Crippen LogP contribution in [0.25, 0.3) is 0 Å². The largest absolute Gasteiger partial charge is 0.395 e. The Balaban J connectivity index is 3.69. The third kappa shape index (κ3) is 7.73. The number of rotatable bonds is 10. The van der Waals surface area contributed by atoms with Crippen LogP contribution in [0.1, 0.15) is 20.3 Å². The van der Waals surface area contributed by atoms with Crippen LogP contribution in [0.15, 0.2) is 12.7 Å². The van der Waals surface area contributed by atoms with Crippen molar-refractivity contribution in [1.29, 1.82) is 0 Å². The van der Waals surface area contributed by atoms with Crippen molar-refractivity contribution in [2.24, 2.45) is 0 Å². The molecule has 0 amide bonds. The average Bonchev–Trinajstić information content (AvgIpc) is 2.18. The molecule has 3 nitrogen and oxygen atoms in total. The van der Waals surface area contributed by atoms with Gasteiger partial charge in [-0.2, -0.15) is 0 Å². The summed E-state index contributed by atoms with van der Waals surface area (Å²) in [7, 11) is -1.92. The zero-order valence-electron chi connectivity index (χ0n) is 10.3. The first-order valence-electron chi connectivity index (χ1n) is 5.65. The Kier molecular flexibility index (Phi) is 8.99. The van der Waals surface area contributed by atoms with E-state index in [4.69, 9.17) is 13.6 Å². The fraction of sp³-hybridized carbons (Fsp3) is 0.818. The van der Waals surface area contributed by atoms with E-state index in [1.54, 1.807) is 6.08 Å². The first kappa shape index (κ1) is 14.8. The van der Waals surface area contributed by atoms with E-state index in [0.717, 1.165) is 32.3 Å². The molecule has 0 radical (unpaired) electrons. The van der Waals surface area contributed by atoms with Gasteiger partial charge in [0.25, 0.3) is 0 Å². The Labute approximate surface area is 94.7 Å². The van der Waals surface area contributed by atoms with E-state index < -0.39 is 8.56 Å². The summed E-state index contributed by atoms with van der Waals surface area (Å²) in [6.07, 6.45) is 2.76. The summed E-state index contributed by atoms with van der Waals surface area (Å²) in [5, 5.41) is 0. The molecule has 0 aromatic carbocycles. The molecule has 0 atom stereocenters. The highest BCUT2D eigenvalue weighted by Crippen LogP contribution is 2.15. The standard InChI is InChI=1S/C11H24O3Si/c1-5-9-12-10-8-11-15(4,13-6-2)14-7-3/h5H,1,6-11H2,2-4H3. The molecule has 0 N–H and O–H groups in total. The molecule has 15 heavy (non-hydrogen) atoms. The monoisotopic (exact) mass is 232 g/mol. The third-order valence-corrected chi connectivity index (χ3v) is 5.12. The Bertz CT molecular complexity index is 156. The minimum Gasteiger partial charge on any atom is -0.395 e. The molecule has 0 aliphatic carbocycles. The fourth-order valence-electron chi connectivity index (χ4n) is 1.46. The van der Waals surface area contributed by atoms with Crippen LogP contribution in [0, 0.1) is 0 Å². The Morgan fingerprint density at radius 3 is 2.27 bits per heavy atom. The van der Waals surface area contributed by atoms with Crippen molar-refractivity contribution in [2.45, 2.75) is 32.9 Å². The molecule has 0 saturated heterocycles. The van der Waals surface area contributed by atoms with Gasteiger partial charge in [0, 0.05) is 19.8 Å². The predicted molar refractivity (Wildman–Crippen MR) is 65.3 cm³/mol. The van der Waals surface area contributed by atoms with Crippen LogP contribution in [-0.2, 0) is 13.6 Å². The smallest absolute Gasteiger partial charge is 0.334 e. The lowest BCUT2D eigenvalue weighted by molar-refractivity contribution is 0.152. The second kappa shape index (κ2) is 9.09. The summed E-state index contributed by atoms with van der Waals surface area (Å²) in [5.74, 6) is 0. The van der Waals surface area contributed by atoms with E-state index in [1.165, 1.54) is 0 Å². The zero-order chi connectivity index (χ0) is 11.6. The van der Waals surface area contributed by atoms with Crippen LogP contribution in [0.5, 0.6) is 0 Å². The summed E-state index contributed by atoms with van der Waals surface area (Å²) < 4.78 is 16.8. The zero-order valence-corrected chi connectivity index (χ0v) is 11.3. The SMILES string of the molecule is C=CCOCCC[Si](C)(OCC)OCC. The van der Waals surface area contributed by atoms with Crippen LogP contribution in [-0.4, -0.2) is 35.0 Å². The van der Waals surface area contributed by atoms with Crippen LogP contribution in [0.2, 0.25) is 12.6 Å². The van der Waals surface area contributed by atoms with Gasteiger partial charge in [-0.3, -0.25) is 0 Å². The van der Waals surface area contributed by atoms with Crippen LogP contribution >= 0.6 is 0 Å². The maximum Gasteiger partial charge on any atom is 0.334 e. The maximum atomic E-state index is 5.72. The lowest BCUT2D eigenvalue weighted by Gasteiger charge is -2.25. The predicted octanol–water partition coefficient (Wildman–Crippen LogP) is 2.72. The van der Waals surface area contributed by atoms with Gasteiger partial charge in [0.05, 0.1) is 6.61 Å². The molecule has 0 rings (SSSR count). The van der Waals surface area contributed by atoms with Crippen molar-refractivity contribution in [2.75, 3.05) is 26.4 Å². The second-order valence-corrected chi connectivity index (χ2v) is 6.81. The van der Waals surface area contributed by atoms with Crippen molar-refractivity contribution in [1.82, 2.24) is 0 Å². The molecule has 0 saturated carbocycles. The van der Waals surface area contributed by atoms with E-state index in [1.807, 2.05) is 13.8 Å². The summed E-state index contributed by atoms with van der Waals surface area (Å²) in [4.78, 5) is 0. The van der Waals surface area contributed by atoms with Gasteiger partial charge in [-0.05, 0) is 32.9 Å². The quantitative estimate of drug-likeness (QED) is 0.329. The van der Waals surface area contributed by atoms with Gasteiger partial charge < -0.3 is 13.6 Å². The first-order valence-corrected chi connectivity index (χ1v) is 8.17.